The van der Waals surface area contributed by atoms with Crippen molar-refractivity contribution in [1.82, 2.24) is 9.78 Å². The van der Waals surface area contributed by atoms with Crippen molar-refractivity contribution in [2.75, 3.05) is 0 Å². The maximum Gasteiger partial charge on any atom is 0.0648 e. The summed E-state index contributed by atoms with van der Waals surface area (Å²) in [6.45, 7) is 2.07. The molecule has 1 heterocycles. The lowest BCUT2D eigenvalue weighted by molar-refractivity contribution is 0.879. The average molecular weight is 157 g/mol. The van der Waals surface area contributed by atoms with Crippen molar-refractivity contribution in [2.24, 2.45) is 0 Å². The van der Waals surface area contributed by atoms with Crippen LogP contribution in [-0.4, -0.2) is 9.78 Å². The fourth-order valence-electron chi connectivity index (χ4n) is 1.14. The van der Waals surface area contributed by atoms with Crippen molar-refractivity contribution in [1.29, 1.82) is 0 Å². The third kappa shape index (κ3) is 1.23. The fourth-order valence-corrected chi connectivity index (χ4v) is 1.14. The van der Waals surface area contributed by atoms with Crippen LogP contribution in [-0.2, 0) is 0 Å². The second kappa shape index (κ2) is 2.81. The van der Waals surface area contributed by atoms with Gasteiger partial charge in [-0.25, -0.2) is 4.68 Å². The zero-order valence-corrected chi connectivity index (χ0v) is 6.86. The molecule has 2 nitrogen and oxygen atoms in total. The van der Waals surface area contributed by atoms with Gasteiger partial charge in [0.1, 0.15) is 0 Å². The Balaban J connectivity index is 2.48. The number of aromatic nitrogens is 2. The zero-order chi connectivity index (χ0) is 8.39. The Morgan fingerprint density at radius 3 is 3.00 bits per heavy atom. The first-order chi connectivity index (χ1) is 5.86. The molecule has 0 amide bonds. The van der Waals surface area contributed by atoms with Gasteiger partial charge in [0.05, 0.1) is 11.9 Å². The monoisotopic (exact) mass is 157 g/mol. The summed E-state index contributed by atoms with van der Waals surface area (Å²) in [6, 6.07) is 11.1. The van der Waals surface area contributed by atoms with E-state index in [4.69, 9.17) is 0 Å². The van der Waals surface area contributed by atoms with Gasteiger partial charge in [-0.3, -0.25) is 0 Å². The molecule has 2 rings (SSSR count). The van der Waals surface area contributed by atoms with E-state index in [1.54, 1.807) is 10.9 Å². The second-order valence-corrected chi connectivity index (χ2v) is 2.72. The molecule has 0 unspecified atom stereocenters. The second-order valence-electron chi connectivity index (χ2n) is 2.72. The smallest absolute Gasteiger partial charge is 0.0648 e. The van der Waals surface area contributed by atoms with Crippen molar-refractivity contribution in [3.8, 4) is 5.69 Å². The molecule has 0 aliphatic heterocycles. The Morgan fingerprint density at radius 1 is 1.42 bits per heavy atom. The van der Waals surface area contributed by atoms with Gasteiger partial charge in [-0.05, 0) is 24.6 Å². The summed E-state index contributed by atoms with van der Waals surface area (Å²) in [7, 11) is 0. The summed E-state index contributed by atoms with van der Waals surface area (Å²) in [5.74, 6) is 0. The summed E-state index contributed by atoms with van der Waals surface area (Å²) in [5, 5.41) is 4.09. The molecule has 1 aromatic heterocycles. The first-order valence-electron chi connectivity index (χ1n) is 3.84. The number of aryl methyl sites for hydroxylation is 1. The molecule has 2 heteroatoms. The highest BCUT2D eigenvalue weighted by Gasteiger charge is 1.94. The third-order valence-corrected chi connectivity index (χ3v) is 1.72. The highest BCUT2D eigenvalue weighted by atomic mass is 15.3. The Hall–Kier alpha value is -1.57. The van der Waals surface area contributed by atoms with E-state index in [2.05, 4.69) is 30.2 Å². The normalized spacial score (nSPS) is 10.1. The lowest BCUT2D eigenvalue weighted by Crippen LogP contribution is -1.93. The molecule has 2 aromatic rings. The predicted octanol–water partition coefficient (Wildman–Crippen LogP) is 1.98. The molecule has 0 spiro atoms. The van der Waals surface area contributed by atoms with Crippen molar-refractivity contribution >= 4 is 0 Å². The first-order valence-corrected chi connectivity index (χ1v) is 3.84. The van der Waals surface area contributed by atoms with Crippen LogP contribution in [0, 0.1) is 13.0 Å². The van der Waals surface area contributed by atoms with E-state index in [0.717, 1.165) is 5.69 Å². The maximum absolute atomic E-state index is 4.09. The van der Waals surface area contributed by atoms with Gasteiger partial charge in [-0.15, -0.1) is 0 Å². The van der Waals surface area contributed by atoms with Gasteiger partial charge < -0.3 is 0 Å². The summed E-state index contributed by atoms with van der Waals surface area (Å²) >= 11 is 0. The molecule has 0 bridgehead atoms. The summed E-state index contributed by atoms with van der Waals surface area (Å²) in [6.07, 6.45) is 3.47. The number of hydrogen-bond donors (Lipinski definition) is 0. The van der Waals surface area contributed by atoms with E-state index in [9.17, 15) is 0 Å². The van der Waals surface area contributed by atoms with E-state index < -0.39 is 0 Å². The molecule has 0 N–H and O–H groups in total. The Kier molecular flexibility index (Phi) is 1.67. The summed E-state index contributed by atoms with van der Waals surface area (Å²) in [4.78, 5) is 0. The minimum atomic E-state index is 1.08. The van der Waals surface area contributed by atoms with E-state index >= 15 is 0 Å². The first kappa shape index (κ1) is 7.10. The van der Waals surface area contributed by atoms with Gasteiger partial charge in [0.2, 0.25) is 0 Å². The average Bonchev–Trinajstić information content (AvgIpc) is 2.56. The molecule has 1 aromatic carbocycles. The Bertz CT molecular complexity index is 363. The number of rotatable bonds is 1. The van der Waals surface area contributed by atoms with Crippen LogP contribution in [0.5, 0.6) is 0 Å². The van der Waals surface area contributed by atoms with Crippen LogP contribution in [0.25, 0.3) is 5.69 Å². The minimum Gasteiger partial charge on any atom is -0.240 e. The fraction of sp³-hybridized carbons (Fsp3) is 0.100. The quantitative estimate of drug-likeness (QED) is 0.619. The lowest BCUT2D eigenvalue weighted by atomic mass is 10.2. The Morgan fingerprint density at radius 2 is 2.33 bits per heavy atom. The standard InChI is InChI=1S/C10H9N2/c1-9-4-2-5-10(8-9)12-7-3-6-11-12/h2,4-8H,1H3. The van der Waals surface area contributed by atoms with Crippen LogP contribution in [0.15, 0.2) is 36.7 Å². The topological polar surface area (TPSA) is 17.8 Å². The van der Waals surface area contributed by atoms with Crippen LogP contribution in [0.2, 0.25) is 0 Å². The van der Waals surface area contributed by atoms with Gasteiger partial charge in [0.15, 0.2) is 0 Å². The Labute approximate surface area is 71.5 Å². The van der Waals surface area contributed by atoms with Crippen LogP contribution in [0.4, 0.5) is 0 Å². The number of benzene rings is 1. The number of hydrogen-bond acceptors (Lipinski definition) is 1. The molecular weight excluding hydrogens is 148 g/mol. The molecular formula is C10H9N2. The highest BCUT2D eigenvalue weighted by molar-refractivity contribution is 5.34. The molecule has 0 fully saturated rings. The number of nitrogens with zero attached hydrogens (tertiary/aromatic N) is 2. The van der Waals surface area contributed by atoms with E-state index in [1.807, 2.05) is 18.3 Å². The highest BCUT2D eigenvalue weighted by Crippen LogP contribution is 2.07. The maximum atomic E-state index is 4.09. The van der Waals surface area contributed by atoms with Crippen LogP contribution >= 0.6 is 0 Å². The summed E-state index contributed by atoms with van der Waals surface area (Å²) < 4.78 is 1.80. The van der Waals surface area contributed by atoms with Crippen LogP contribution in [0.3, 0.4) is 0 Å². The van der Waals surface area contributed by atoms with Crippen molar-refractivity contribution in [2.45, 2.75) is 6.92 Å². The SMILES string of the molecule is Cc1cccc(-n2c[c]cn2)c1. The van der Waals surface area contributed by atoms with E-state index in [0.29, 0.717) is 0 Å². The van der Waals surface area contributed by atoms with Crippen LogP contribution in [0.1, 0.15) is 5.56 Å². The van der Waals surface area contributed by atoms with Crippen molar-refractivity contribution in [3.05, 3.63) is 48.3 Å². The van der Waals surface area contributed by atoms with Crippen LogP contribution < -0.4 is 0 Å². The molecule has 1 radical (unpaired) electrons. The third-order valence-electron chi connectivity index (χ3n) is 1.72. The van der Waals surface area contributed by atoms with Crippen molar-refractivity contribution < 1.29 is 0 Å². The minimum absolute atomic E-state index is 1.08. The van der Waals surface area contributed by atoms with E-state index in [1.165, 1.54) is 5.56 Å². The summed E-state index contributed by atoms with van der Waals surface area (Å²) in [5.41, 5.74) is 2.32. The van der Waals surface area contributed by atoms with Gasteiger partial charge in [0, 0.05) is 12.3 Å². The van der Waals surface area contributed by atoms with Gasteiger partial charge >= 0.3 is 0 Å². The molecule has 0 aliphatic rings. The van der Waals surface area contributed by atoms with Crippen molar-refractivity contribution in [3.63, 3.8) is 0 Å². The van der Waals surface area contributed by atoms with Gasteiger partial charge in [-0.1, -0.05) is 12.1 Å². The molecule has 0 saturated heterocycles. The predicted molar refractivity (Wildman–Crippen MR) is 47.1 cm³/mol. The molecule has 59 valence electrons. The largest absolute Gasteiger partial charge is 0.240 e. The van der Waals surface area contributed by atoms with Gasteiger partial charge in [0.25, 0.3) is 0 Å². The molecule has 0 aliphatic carbocycles. The zero-order valence-electron chi connectivity index (χ0n) is 6.86. The molecule has 12 heavy (non-hydrogen) atoms. The lowest BCUT2D eigenvalue weighted by Gasteiger charge is -2.00. The molecule has 0 saturated carbocycles. The van der Waals surface area contributed by atoms with Gasteiger partial charge in [-0.2, -0.15) is 5.10 Å². The van der Waals surface area contributed by atoms with E-state index in [-0.39, 0.29) is 0 Å². The molecule has 0 atom stereocenters.